The first-order valence-electron chi connectivity index (χ1n) is 4.57. The Kier molecular flexibility index (Phi) is 5.60. The van der Waals surface area contributed by atoms with Crippen LogP contribution in [0.25, 0.3) is 0 Å². The van der Waals surface area contributed by atoms with E-state index >= 15 is 0 Å². The third-order valence-electron chi connectivity index (χ3n) is 1.29. The minimum atomic E-state index is -0.420. The summed E-state index contributed by atoms with van der Waals surface area (Å²) < 4.78 is 4.69. The average molecular weight is 199 g/mol. The van der Waals surface area contributed by atoms with Crippen LogP contribution in [0.1, 0.15) is 33.6 Å². The van der Waals surface area contributed by atoms with Crippen LogP contribution >= 0.6 is 0 Å². The van der Waals surface area contributed by atoms with Crippen LogP contribution in [-0.4, -0.2) is 17.9 Å². The Morgan fingerprint density at radius 2 is 1.93 bits per heavy atom. The Morgan fingerprint density at radius 3 is 2.36 bits per heavy atom. The van der Waals surface area contributed by atoms with Gasteiger partial charge in [0.1, 0.15) is 0 Å². The molecule has 1 amide bonds. The SMILES string of the molecule is C=C(C)OC(=O)CCC(=O)NC(C)C. The number of hydrogen-bond acceptors (Lipinski definition) is 3. The Balaban J connectivity index is 3.67. The molecule has 14 heavy (non-hydrogen) atoms. The first kappa shape index (κ1) is 12.7. The number of amides is 1. The van der Waals surface area contributed by atoms with Gasteiger partial charge >= 0.3 is 5.97 Å². The van der Waals surface area contributed by atoms with Crippen molar-refractivity contribution in [1.29, 1.82) is 0 Å². The van der Waals surface area contributed by atoms with Crippen LogP contribution in [0, 0.1) is 0 Å². The molecule has 4 nitrogen and oxygen atoms in total. The van der Waals surface area contributed by atoms with E-state index in [2.05, 4.69) is 11.9 Å². The molecule has 0 saturated carbocycles. The lowest BCUT2D eigenvalue weighted by atomic mass is 10.3. The van der Waals surface area contributed by atoms with Crippen molar-refractivity contribution in [2.45, 2.75) is 39.7 Å². The summed E-state index contributed by atoms with van der Waals surface area (Å²) >= 11 is 0. The standard InChI is InChI=1S/C10H17NO3/c1-7(2)11-9(12)5-6-10(13)14-8(3)4/h7H,3,5-6H2,1-2,4H3,(H,11,12). The maximum absolute atomic E-state index is 11.1. The Labute approximate surface area is 84.3 Å². The molecule has 4 heteroatoms. The number of ether oxygens (including phenoxy) is 1. The average Bonchev–Trinajstić information content (AvgIpc) is 1.98. The zero-order valence-electron chi connectivity index (χ0n) is 8.92. The van der Waals surface area contributed by atoms with Gasteiger partial charge in [0.2, 0.25) is 5.91 Å². The minimum absolute atomic E-state index is 0.0887. The second-order valence-electron chi connectivity index (χ2n) is 3.40. The molecule has 0 rings (SSSR count). The molecular weight excluding hydrogens is 182 g/mol. The van der Waals surface area contributed by atoms with Gasteiger partial charge in [-0.05, 0) is 20.8 Å². The largest absolute Gasteiger partial charge is 0.432 e. The van der Waals surface area contributed by atoms with Gasteiger partial charge < -0.3 is 10.1 Å². The van der Waals surface area contributed by atoms with Gasteiger partial charge in [-0.2, -0.15) is 0 Å². The summed E-state index contributed by atoms with van der Waals surface area (Å²) in [5, 5.41) is 2.68. The highest BCUT2D eigenvalue weighted by molar-refractivity contribution is 5.81. The molecule has 0 radical (unpaired) electrons. The van der Waals surface area contributed by atoms with Crippen LogP contribution in [0.4, 0.5) is 0 Å². The predicted octanol–water partition coefficient (Wildman–Crippen LogP) is 1.37. The number of carbonyl (C=O) groups excluding carboxylic acids is 2. The lowest BCUT2D eigenvalue weighted by Crippen LogP contribution is -2.30. The van der Waals surface area contributed by atoms with Crippen molar-refractivity contribution in [2.75, 3.05) is 0 Å². The van der Waals surface area contributed by atoms with Crippen LogP contribution < -0.4 is 5.32 Å². The first-order chi connectivity index (χ1) is 6.41. The maximum Gasteiger partial charge on any atom is 0.311 e. The number of nitrogens with one attached hydrogen (secondary N) is 1. The molecule has 0 fully saturated rings. The van der Waals surface area contributed by atoms with Crippen LogP contribution in [-0.2, 0) is 14.3 Å². The Hall–Kier alpha value is -1.32. The van der Waals surface area contributed by atoms with Gasteiger partial charge in [0.15, 0.2) is 0 Å². The molecule has 0 saturated heterocycles. The van der Waals surface area contributed by atoms with Crippen molar-refractivity contribution in [2.24, 2.45) is 0 Å². The van der Waals surface area contributed by atoms with Gasteiger partial charge in [-0.15, -0.1) is 0 Å². The van der Waals surface area contributed by atoms with Crippen LogP contribution in [0.5, 0.6) is 0 Å². The van der Waals surface area contributed by atoms with Gasteiger partial charge in [0.05, 0.1) is 12.2 Å². The molecule has 0 aromatic carbocycles. The monoisotopic (exact) mass is 199 g/mol. The first-order valence-corrected chi connectivity index (χ1v) is 4.57. The van der Waals surface area contributed by atoms with E-state index in [1.165, 1.54) is 0 Å². The summed E-state index contributed by atoms with van der Waals surface area (Å²) in [6, 6.07) is 0.0969. The van der Waals surface area contributed by atoms with Gasteiger partial charge in [-0.25, -0.2) is 0 Å². The van der Waals surface area contributed by atoms with E-state index in [-0.39, 0.29) is 24.8 Å². The summed E-state index contributed by atoms with van der Waals surface area (Å²) in [4.78, 5) is 22.1. The molecule has 0 aliphatic heterocycles. The summed E-state index contributed by atoms with van der Waals surface area (Å²) in [6.45, 7) is 8.75. The third-order valence-corrected chi connectivity index (χ3v) is 1.29. The zero-order valence-corrected chi connectivity index (χ0v) is 8.92. The van der Waals surface area contributed by atoms with Crippen molar-refractivity contribution < 1.29 is 14.3 Å². The number of rotatable bonds is 5. The summed E-state index contributed by atoms with van der Waals surface area (Å²) in [5.74, 6) is -0.214. The van der Waals surface area contributed by atoms with Crippen LogP contribution in [0.15, 0.2) is 12.3 Å². The molecule has 0 aromatic heterocycles. The molecule has 0 aromatic rings. The van der Waals surface area contributed by atoms with Gasteiger partial charge in [-0.3, -0.25) is 9.59 Å². The predicted molar refractivity (Wildman–Crippen MR) is 53.4 cm³/mol. The molecule has 0 atom stereocenters. The molecule has 0 unspecified atom stereocenters. The van der Waals surface area contributed by atoms with Crippen molar-refractivity contribution in [3.8, 4) is 0 Å². The van der Waals surface area contributed by atoms with Gasteiger partial charge in [0.25, 0.3) is 0 Å². The molecule has 0 aliphatic carbocycles. The number of allylic oxidation sites excluding steroid dienone is 1. The highest BCUT2D eigenvalue weighted by atomic mass is 16.5. The lowest BCUT2D eigenvalue weighted by Gasteiger charge is -2.07. The quantitative estimate of drug-likeness (QED) is 0.537. The second kappa shape index (κ2) is 6.18. The van der Waals surface area contributed by atoms with Crippen LogP contribution in [0.3, 0.4) is 0 Å². The maximum atomic E-state index is 11.1. The van der Waals surface area contributed by atoms with E-state index < -0.39 is 5.97 Å². The smallest absolute Gasteiger partial charge is 0.311 e. The van der Waals surface area contributed by atoms with E-state index in [1.54, 1.807) is 6.92 Å². The van der Waals surface area contributed by atoms with E-state index in [0.717, 1.165) is 0 Å². The van der Waals surface area contributed by atoms with Crippen molar-refractivity contribution in [1.82, 2.24) is 5.32 Å². The summed E-state index contributed by atoms with van der Waals surface area (Å²) in [5.41, 5.74) is 0. The van der Waals surface area contributed by atoms with E-state index in [1.807, 2.05) is 13.8 Å². The van der Waals surface area contributed by atoms with Gasteiger partial charge in [0, 0.05) is 12.5 Å². The summed E-state index contributed by atoms with van der Waals surface area (Å²) in [7, 11) is 0. The normalized spacial score (nSPS) is 9.71. The lowest BCUT2D eigenvalue weighted by molar-refractivity contribution is -0.141. The van der Waals surface area contributed by atoms with E-state index in [0.29, 0.717) is 5.76 Å². The zero-order chi connectivity index (χ0) is 11.1. The fourth-order valence-corrected chi connectivity index (χ4v) is 0.855. The molecule has 1 N–H and O–H groups in total. The Morgan fingerprint density at radius 1 is 1.36 bits per heavy atom. The fourth-order valence-electron chi connectivity index (χ4n) is 0.855. The molecule has 80 valence electrons. The minimum Gasteiger partial charge on any atom is -0.432 e. The molecule has 0 bridgehead atoms. The second-order valence-corrected chi connectivity index (χ2v) is 3.40. The molecular formula is C10H17NO3. The van der Waals surface area contributed by atoms with Crippen molar-refractivity contribution in [3.05, 3.63) is 12.3 Å². The van der Waals surface area contributed by atoms with E-state index in [9.17, 15) is 9.59 Å². The highest BCUT2D eigenvalue weighted by Crippen LogP contribution is 1.98. The molecule has 0 spiro atoms. The highest BCUT2D eigenvalue weighted by Gasteiger charge is 2.08. The Bertz CT molecular complexity index is 234. The molecule has 0 aliphatic rings. The van der Waals surface area contributed by atoms with E-state index in [4.69, 9.17) is 4.74 Å². The third kappa shape index (κ3) is 7.34. The number of carbonyl (C=O) groups is 2. The number of hydrogen-bond donors (Lipinski definition) is 1. The topological polar surface area (TPSA) is 55.4 Å². The molecule has 0 heterocycles. The van der Waals surface area contributed by atoms with Crippen molar-refractivity contribution in [3.63, 3.8) is 0 Å². The fraction of sp³-hybridized carbons (Fsp3) is 0.600. The van der Waals surface area contributed by atoms with Crippen molar-refractivity contribution >= 4 is 11.9 Å². The summed E-state index contributed by atoms with van der Waals surface area (Å²) in [6.07, 6.45) is 0.246. The van der Waals surface area contributed by atoms with Crippen LogP contribution in [0.2, 0.25) is 0 Å². The number of esters is 1. The van der Waals surface area contributed by atoms with Gasteiger partial charge in [-0.1, -0.05) is 6.58 Å².